The number of benzene rings is 2. The van der Waals surface area contributed by atoms with E-state index < -0.39 is 0 Å². The fraction of sp³-hybridized carbons (Fsp3) is 0.0526. The molecule has 4 aromatic rings. The van der Waals surface area contributed by atoms with Crippen molar-refractivity contribution in [1.29, 1.82) is 0 Å². The van der Waals surface area contributed by atoms with Crippen LogP contribution in [0.1, 0.15) is 5.56 Å². The van der Waals surface area contributed by atoms with Gasteiger partial charge in [0.15, 0.2) is 18.9 Å². The highest BCUT2D eigenvalue weighted by Gasteiger charge is 2.06. The Morgan fingerprint density at radius 1 is 0.818 bits per heavy atom. The van der Waals surface area contributed by atoms with Gasteiger partial charge in [-0.1, -0.05) is 42.5 Å². The highest BCUT2D eigenvalue weighted by molar-refractivity contribution is 5.79. The second-order valence-electron chi connectivity index (χ2n) is 5.35. The monoisotopic (exact) mass is 286 g/mol. The molecule has 0 aliphatic heterocycles. The number of nitrogens with one attached hydrogen (secondary N) is 1. The lowest BCUT2D eigenvalue weighted by Gasteiger charge is -2.00. The molecule has 2 heterocycles. The van der Waals surface area contributed by atoms with Crippen LogP contribution in [0.3, 0.4) is 0 Å². The molecule has 2 aromatic carbocycles. The van der Waals surface area contributed by atoms with Crippen molar-refractivity contribution in [3.63, 3.8) is 0 Å². The number of imidazole rings is 1. The third-order valence-corrected chi connectivity index (χ3v) is 3.76. The first-order valence-electron chi connectivity index (χ1n) is 7.37. The zero-order chi connectivity index (χ0) is 14.8. The van der Waals surface area contributed by atoms with E-state index in [1.807, 2.05) is 42.5 Å². The van der Waals surface area contributed by atoms with E-state index in [0.717, 1.165) is 29.0 Å². The van der Waals surface area contributed by atoms with E-state index in [1.165, 1.54) is 5.56 Å². The summed E-state index contributed by atoms with van der Waals surface area (Å²) in [5, 5.41) is 0. The van der Waals surface area contributed by atoms with Gasteiger partial charge in [-0.15, -0.1) is 0 Å². The lowest BCUT2D eigenvalue weighted by molar-refractivity contribution is -0.688. The highest BCUT2D eigenvalue weighted by atomic mass is 14.9. The molecule has 0 radical (unpaired) electrons. The second kappa shape index (κ2) is 5.45. The molecule has 0 fully saturated rings. The average Bonchev–Trinajstić information content (AvgIpc) is 3.00. The van der Waals surface area contributed by atoms with Gasteiger partial charge < -0.3 is 4.98 Å². The Hall–Kier alpha value is -2.94. The Morgan fingerprint density at radius 2 is 1.59 bits per heavy atom. The number of nitrogens with zero attached hydrogens (tertiary/aromatic N) is 2. The van der Waals surface area contributed by atoms with E-state index >= 15 is 0 Å². The Labute approximate surface area is 128 Å². The van der Waals surface area contributed by atoms with Crippen LogP contribution in [0.25, 0.3) is 22.4 Å². The van der Waals surface area contributed by atoms with Gasteiger partial charge in [-0.25, -0.2) is 9.55 Å². The maximum absolute atomic E-state index is 4.64. The molecule has 106 valence electrons. The Morgan fingerprint density at radius 3 is 2.36 bits per heavy atom. The first-order valence-corrected chi connectivity index (χ1v) is 7.37. The van der Waals surface area contributed by atoms with Gasteiger partial charge >= 0.3 is 0 Å². The van der Waals surface area contributed by atoms with Gasteiger partial charge in [0.1, 0.15) is 5.82 Å². The van der Waals surface area contributed by atoms with Gasteiger partial charge in [-0.3, -0.25) is 0 Å². The topological polar surface area (TPSA) is 32.6 Å². The first kappa shape index (κ1) is 12.8. The van der Waals surface area contributed by atoms with E-state index in [4.69, 9.17) is 0 Å². The second-order valence-corrected chi connectivity index (χ2v) is 5.35. The van der Waals surface area contributed by atoms with E-state index in [9.17, 15) is 0 Å². The average molecular weight is 286 g/mol. The Bertz CT molecular complexity index is 860. The van der Waals surface area contributed by atoms with Crippen LogP contribution in [0.15, 0.2) is 79.1 Å². The van der Waals surface area contributed by atoms with Crippen LogP contribution >= 0.6 is 0 Å². The van der Waals surface area contributed by atoms with Crippen molar-refractivity contribution in [2.45, 2.75) is 6.54 Å². The molecule has 3 nitrogen and oxygen atoms in total. The zero-order valence-electron chi connectivity index (χ0n) is 12.1. The molecular formula is C19H16N3+. The molecule has 0 aliphatic rings. The fourth-order valence-corrected chi connectivity index (χ4v) is 2.61. The zero-order valence-corrected chi connectivity index (χ0v) is 12.1. The first-order chi connectivity index (χ1) is 10.9. The minimum Gasteiger partial charge on any atom is -0.338 e. The van der Waals surface area contributed by atoms with Crippen LogP contribution in [0, 0.1) is 0 Å². The van der Waals surface area contributed by atoms with Crippen molar-refractivity contribution >= 4 is 11.0 Å². The minimum atomic E-state index is 0.876. The van der Waals surface area contributed by atoms with Crippen LogP contribution in [0.4, 0.5) is 0 Å². The van der Waals surface area contributed by atoms with Gasteiger partial charge in [-0.05, 0) is 12.1 Å². The third kappa shape index (κ3) is 2.49. The SMILES string of the molecule is c1cc[n+](Cc2ccc(-c3nc4ccccc4[nH]3)cc2)cc1. The molecular weight excluding hydrogens is 270 g/mol. The summed E-state index contributed by atoms with van der Waals surface area (Å²) in [6.45, 7) is 0.876. The van der Waals surface area contributed by atoms with Gasteiger partial charge in [0.25, 0.3) is 0 Å². The molecule has 0 bridgehead atoms. The van der Waals surface area contributed by atoms with Crippen molar-refractivity contribution < 1.29 is 4.57 Å². The third-order valence-electron chi connectivity index (χ3n) is 3.76. The largest absolute Gasteiger partial charge is 0.338 e. The molecule has 0 amide bonds. The van der Waals surface area contributed by atoms with Crippen molar-refractivity contribution in [3.05, 3.63) is 84.7 Å². The summed E-state index contributed by atoms with van der Waals surface area (Å²) < 4.78 is 2.16. The Kier molecular flexibility index (Phi) is 3.16. The highest BCUT2D eigenvalue weighted by Crippen LogP contribution is 2.20. The summed E-state index contributed by atoms with van der Waals surface area (Å²) in [5.74, 6) is 0.917. The van der Waals surface area contributed by atoms with Gasteiger partial charge in [-0.2, -0.15) is 0 Å². The summed E-state index contributed by atoms with van der Waals surface area (Å²) >= 11 is 0. The van der Waals surface area contributed by atoms with Crippen molar-refractivity contribution in [2.75, 3.05) is 0 Å². The lowest BCUT2D eigenvalue weighted by atomic mass is 10.1. The summed E-state index contributed by atoms with van der Waals surface area (Å²) in [5.41, 5.74) is 4.46. The molecule has 22 heavy (non-hydrogen) atoms. The lowest BCUT2D eigenvalue weighted by Crippen LogP contribution is -2.32. The number of pyridine rings is 1. The van der Waals surface area contributed by atoms with Gasteiger partial charge in [0, 0.05) is 23.3 Å². The predicted molar refractivity (Wildman–Crippen MR) is 87.3 cm³/mol. The van der Waals surface area contributed by atoms with E-state index in [1.54, 1.807) is 0 Å². The van der Waals surface area contributed by atoms with E-state index in [0.29, 0.717) is 0 Å². The van der Waals surface area contributed by atoms with Crippen LogP contribution in [-0.4, -0.2) is 9.97 Å². The molecule has 2 aromatic heterocycles. The predicted octanol–water partition coefficient (Wildman–Crippen LogP) is 3.57. The van der Waals surface area contributed by atoms with E-state index in [2.05, 4.69) is 51.2 Å². The summed E-state index contributed by atoms with van der Waals surface area (Å²) in [4.78, 5) is 8.00. The normalized spacial score (nSPS) is 10.9. The molecule has 4 rings (SSSR count). The van der Waals surface area contributed by atoms with Crippen molar-refractivity contribution in [3.8, 4) is 11.4 Å². The van der Waals surface area contributed by atoms with Gasteiger partial charge in [0.2, 0.25) is 0 Å². The molecule has 0 saturated heterocycles. The molecule has 1 N–H and O–H groups in total. The van der Waals surface area contributed by atoms with Crippen LogP contribution in [0.5, 0.6) is 0 Å². The van der Waals surface area contributed by atoms with Crippen LogP contribution in [0.2, 0.25) is 0 Å². The number of para-hydroxylation sites is 2. The van der Waals surface area contributed by atoms with Gasteiger partial charge in [0.05, 0.1) is 11.0 Å². The maximum Gasteiger partial charge on any atom is 0.173 e. The van der Waals surface area contributed by atoms with Crippen molar-refractivity contribution in [1.82, 2.24) is 9.97 Å². The number of aromatic nitrogens is 3. The number of H-pyrrole nitrogens is 1. The van der Waals surface area contributed by atoms with E-state index in [-0.39, 0.29) is 0 Å². The number of aromatic amines is 1. The number of hydrogen-bond acceptors (Lipinski definition) is 1. The molecule has 3 heteroatoms. The smallest absolute Gasteiger partial charge is 0.173 e. The van der Waals surface area contributed by atoms with Crippen LogP contribution < -0.4 is 4.57 Å². The molecule has 0 aliphatic carbocycles. The summed E-state index contributed by atoms with van der Waals surface area (Å²) in [6.07, 6.45) is 4.15. The molecule has 0 spiro atoms. The minimum absolute atomic E-state index is 0.876. The van der Waals surface area contributed by atoms with Crippen molar-refractivity contribution in [2.24, 2.45) is 0 Å². The number of hydrogen-bond donors (Lipinski definition) is 1. The summed E-state index contributed by atoms with van der Waals surface area (Å²) in [6, 6.07) is 22.8. The number of rotatable bonds is 3. The molecule has 0 unspecified atom stereocenters. The fourth-order valence-electron chi connectivity index (χ4n) is 2.61. The summed E-state index contributed by atoms with van der Waals surface area (Å²) in [7, 11) is 0. The van der Waals surface area contributed by atoms with Crippen LogP contribution in [-0.2, 0) is 6.54 Å². The molecule has 0 saturated carbocycles. The maximum atomic E-state index is 4.64. The molecule has 0 atom stereocenters. The Balaban J connectivity index is 1.61. The quantitative estimate of drug-likeness (QED) is 0.574. The standard InChI is InChI=1S/C19H16N3/c1-4-12-22(13-5-1)14-15-8-10-16(11-9-15)19-20-17-6-2-3-7-18(17)21-19/h1-13H,14H2,(H,20,21)/q+1. The number of fused-ring (bicyclic) bond motifs is 1.